The highest BCUT2D eigenvalue weighted by Crippen LogP contribution is 2.37. The normalized spacial score (nSPS) is 9.59. The lowest BCUT2D eigenvalue weighted by Crippen LogP contribution is -2.07. The molecule has 7 nitrogen and oxygen atoms in total. The monoisotopic (exact) mass is 310 g/mol. The zero-order valence-electron chi connectivity index (χ0n) is 11.5. The fraction of sp³-hybridized carbons (Fsp3) is 0.0714. The molecular formula is C14H10N6OS. The Hall–Kier alpha value is -3.23. The number of nitrogens with one attached hydrogen (secondary N) is 2. The van der Waals surface area contributed by atoms with E-state index >= 15 is 0 Å². The number of nitriles is 1. The molecule has 0 saturated carbocycles. The minimum Gasteiger partial charge on any atom is -0.394 e. The van der Waals surface area contributed by atoms with Gasteiger partial charge in [-0.1, -0.05) is 18.3 Å². The Balaban J connectivity index is 2.67. The van der Waals surface area contributed by atoms with Gasteiger partial charge in [0.1, 0.15) is 22.3 Å². The number of nitrogens with zero attached hydrogens (tertiary/aromatic N) is 3. The van der Waals surface area contributed by atoms with Gasteiger partial charge in [0.15, 0.2) is 0 Å². The Morgan fingerprint density at radius 2 is 2.32 bits per heavy atom. The molecule has 1 amide bonds. The van der Waals surface area contributed by atoms with Gasteiger partial charge in [-0.3, -0.25) is 4.79 Å². The van der Waals surface area contributed by atoms with Crippen molar-refractivity contribution in [1.82, 2.24) is 9.97 Å². The SMILES string of the molecule is [C-]#[N+]c1c(N)[nH]c(=S)c(C#N)c1-c1ccc(NC(C)=O)nc1. The Morgan fingerprint density at radius 1 is 1.59 bits per heavy atom. The van der Waals surface area contributed by atoms with Crippen LogP contribution in [0.3, 0.4) is 0 Å². The lowest BCUT2D eigenvalue weighted by atomic mass is 10.0. The summed E-state index contributed by atoms with van der Waals surface area (Å²) in [6, 6.07) is 5.19. The number of aromatic nitrogens is 2. The summed E-state index contributed by atoms with van der Waals surface area (Å²) < 4.78 is 0.160. The van der Waals surface area contributed by atoms with Crippen LogP contribution >= 0.6 is 12.2 Å². The highest BCUT2D eigenvalue weighted by molar-refractivity contribution is 7.71. The Morgan fingerprint density at radius 3 is 2.82 bits per heavy atom. The van der Waals surface area contributed by atoms with Crippen molar-refractivity contribution in [3.63, 3.8) is 0 Å². The molecule has 0 atom stereocenters. The summed E-state index contributed by atoms with van der Waals surface area (Å²) in [6.07, 6.45) is 1.45. The molecule has 0 aliphatic heterocycles. The lowest BCUT2D eigenvalue weighted by Gasteiger charge is -2.10. The van der Waals surface area contributed by atoms with Crippen molar-refractivity contribution in [2.45, 2.75) is 6.92 Å². The van der Waals surface area contributed by atoms with Gasteiger partial charge in [-0.05, 0) is 11.6 Å². The number of aromatic amines is 1. The quantitative estimate of drug-likeness (QED) is 0.583. The molecule has 0 bridgehead atoms. The molecule has 2 aromatic rings. The second-order valence-corrected chi connectivity index (χ2v) is 4.71. The molecule has 8 heteroatoms. The van der Waals surface area contributed by atoms with Crippen molar-refractivity contribution < 1.29 is 4.79 Å². The van der Waals surface area contributed by atoms with Gasteiger partial charge in [0.05, 0.1) is 12.1 Å². The maximum absolute atomic E-state index is 11.0. The maximum atomic E-state index is 11.0. The van der Waals surface area contributed by atoms with E-state index in [4.69, 9.17) is 24.5 Å². The number of anilines is 2. The van der Waals surface area contributed by atoms with Crippen LogP contribution in [0.25, 0.3) is 16.0 Å². The van der Waals surface area contributed by atoms with E-state index in [1.165, 1.54) is 13.1 Å². The lowest BCUT2D eigenvalue weighted by molar-refractivity contribution is -0.114. The van der Waals surface area contributed by atoms with E-state index in [1.807, 2.05) is 6.07 Å². The van der Waals surface area contributed by atoms with Crippen LogP contribution in [0.1, 0.15) is 12.5 Å². The van der Waals surface area contributed by atoms with Crippen molar-refractivity contribution in [3.8, 4) is 17.2 Å². The van der Waals surface area contributed by atoms with E-state index in [-0.39, 0.29) is 27.6 Å². The standard InChI is InChI=1S/C14H10N6OS/c1-7(21)19-10-4-3-8(6-18-10)11-9(5-15)14(22)20-13(16)12(11)17-2/h3-4,6H,1H3,(H3,16,20,22)(H,18,19,21). The van der Waals surface area contributed by atoms with E-state index in [0.29, 0.717) is 16.9 Å². The van der Waals surface area contributed by atoms with E-state index in [1.54, 1.807) is 12.1 Å². The molecule has 0 aliphatic carbocycles. The molecule has 2 rings (SSSR count). The molecule has 0 aliphatic rings. The van der Waals surface area contributed by atoms with Gasteiger partial charge in [0.2, 0.25) is 11.6 Å². The molecular weight excluding hydrogens is 300 g/mol. The average molecular weight is 310 g/mol. The second-order valence-electron chi connectivity index (χ2n) is 4.30. The fourth-order valence-corrected chi connectivity index (χ4v) is 2.17. The Labute approximate surface area is 131 Å². The van der Waals surface area contributed by atoms with Gasteiger partial charge in [-0.2, -0.15) is 5.26 Å². The molecule has 22 heavy (non-hydrogen) atoms. The van der Waals surface area contributed by atoms with Crippen LogP contribution in [0.5, 0.6) is 0 Å². The highest BCUT2D eigenvalue weighted by atomic mass is 32.1. The van der Waals surface area contributed by atoms with Crippen LogP contribution in [0.4, 0.5) is 17.3 Å². The van der Waals surface area contributed by atoms with Crippen molar-refractivity contribution in [2.24, 2.45) is 0 Å². The van der Waals surface area contributed by atoms with Gasteiger partial charge in [-0.15, -0.1) is 0 Å². The van der Waals surface area contributed by atoms with Crippen LogP contribution in [0.2, 0.25) is 0 Å². The maximum Gasteiger partial charge on any atom is 0.234 e. The first-order valence-corrected chi connectivity index (χ1v) is 6.46. The number of pyridine rings is 2. The first kappa shape index (κ1) is 15.2. The van der Waals surface area contributed by atoms with Crippen LogP contribution in [-0.2, 0) is 4.79 Å². The number of nitrogen functional groups attached to an aromatic ring is 1. The molecule has 0 unspecified atom stereocenters. The highest BCUT2D eigenvalue weighted by Gasteiger charge is 2.17. The predicted molar refractivity (Wildman–Crippen MR) is 84.6 cm³/mol. The van der Waals surface area contributed by atoms with Gasteiger partial charge in [0.25, 0.3) is 0 Å². The summed E-state index contributed by atoms with van der Waals surface area (Å²) in [5.74, 6) is 0.222. The second kappa shape index (κ2) is 6.04. The molecule has 108 valence electrons. The van der Waals surface area contributed by atoms with Crippen molar-refractivity contribution in [2.75, 3.05) is 11.1 Å². The zero-order chi connectivity index (χ0) is 16.3. The summed E-state index contributed by atoms with van der Waals surface area (Å²) in [5, 5.41) is 11.8. The predicted octanol–water partition coefficient (Wildman–Crippen LogP) is 2.77. The molecule has 0 spiro atoms. The van der Waals surface area contributed by atoms with E-state index in [9.17, 15) is 10.1 Å². The van der Waals surface area contributed by atoms with Crippen molar-refractivity contribution >= 4 is 35.4 Å². The van der Waals surface area contributed by atoms with Gasteiger partial charge < -0.3 is 16.0 Å². The van der Waals surface area contributed by atoms with Gasteiger partial charge in [-0.25, -0.2) is 9.83 Å². The minimum atomic E-state index is -0.244. The molecule has 0 fully saturated rings. The largest absolute Gasteiger partial charge is 0.394 e. The third-order valence-electron chi connectivity index (χ3n) is 2.80. The van der Waals surface area contributed by atoms with Crippen LogP contribution in [0, 0.1) is 22.5 Å². The molecule has 0 radical (unpaired) electrons. The molecule has 2 aromatic heterocycles. The Bertz CT molecular complexity index is 886. The van der Waals surface area contributed by atoms with Crippen LogP contribution in [0.15, 0.2) is 18.3 Å². The Kier molecular flexibility index (Phi) is 4.16. The number of nitrogens with two attached hydrogens (primary N) is 1. The number of rotatable bonds is 2. The van der Waals surface area contributed by atoms with E-state index in [2.05, 4.69) is 20.1 Å². The number of hydrogen-bond donors (Lipinski definition) is 3. The van der Waals surface area contributed by atoms with E-state index < -0.39 is 0 Å². The number of amides is 1. The van der Waals surface area contributed by atoms with Crippen molar-refractivity contribution in [3.05, 3.63) is 40.0 Å². The third-order valence-corrected chi connectivity index (χ3v) is 3.10. The van der Waals surface area contributed by atoms with Crippen molar-refractivity contribution in [1.29, 1.82) is 5.26 Å². The van der Waals surface area contributed by atoms with Gasteiger partial charge in [0, 0.05) is 18.7 Å². The molecule has 4 N–H and O–H groups in total. The number of H-pyrrole nitrogens is 1. The minimum absolute atomic E-state index is 0.0972. The number of hydrogen-bond acceptors (Lipinski definition) is 5. The summed E-state index contributed by atoms with van der Waals surface area (Å²) >= 11 is 5.08. The number of carbonyl (C=O) groups excluding carboxylic acids is 1. The zero-order valence-corrected chi connectivity index (χ0v) is 12.3. The summed E-state index contributed by atoms with van der Waals surface area (Å²) in [5.41, 5.74) is 6.88. The first-order valence-electron chi connectivity index (χ1n) is 6.05. The fourth-order valence-electron chi connectivity index (χ4n) is 1.91. The van der Waals surface area contributed by atoms with Crippen LogP contribution in [-0.4, -0.2) is 15.9 Å². The third kappa shape index (κ3) is 2.77. The smallest absolute Gasteiger partial charge is 0.234 e. The molecule has 2 heterocycles. The summed E-state index contributed by atoms with van der Waals surface area (Å²) in [4.78, 5) is 21.1. The first-order chi connectivity index (χ1) is 10.5. The number of carbonyl (C=O) groups is 1. The van der Waals surface area contributed by atoms with E-state index in [0.717, 1.165) is 0 Å². The average Bonchev–Trinajstić information content (AvgIpc) is 2.47. The van der Waals surface area contributed by atoms with Gasteiger partial charge >= 0.3 is 0 Å². The topological polar surface area (TPSA) is 112 Å². The summed E-state index contributed by atoms with van der Waals surface area (Å²) in [7, 11) is 0. The molecule has 0 aromatic carbocycles. The molecule has 0 saturated heterocycles. The summed E-state index contributed by atoms with van der Waals surface area (Å²) in [6.45, 7) is 8.63. The van der Waals surface area contributed by atoms with Crippen LogP contribution < -0.4 is 11.1 Å².